The first-order chi connectivity index (χ1) is 7.19. The van der Waals surface area contributed by atoms with Crippen LogP contribution < -0.4 is 15.2 Å². The topological polar surface area (TPSA) is 44.5 Å². The molecule has 0 aliphatic carbocycles. The summed E-state index contributed by atoms with van der Waals surface area (Å²) < 4.78 is 10.8. The van der Waals surface area contributed by atoms with E-state index >= 15 is 0 Å². The van der Waals surface area contributed by atoms with Crippen LogP contribution in [0.25, 0.3) is 5.70 Å². The number of hydrogen-bond donors (Lipinski definition) is 1. The van der Waals surface area contributed by atoms with E-state index in [1.54, 1.807) is 6.07 Å². The Labute approximate surface area is 90.5 Å². The molecule has 15 heavy (non-hydrogen) atoms. The van der Waals surface area contributed by atoms with E-state index in [0.717, 1.165) is 5.56 Å². The van der Waals surface area contributed by atoms with Gasteiger partial charge in [-0.25, -0.2) is 0 Å². The van der Waals surface area contributed by atoms with E-state index in [0.29, 0.717) is 24.7 Å². The van der Waals surface area contributed by atoms with Crippen LogP contribution in [0.1, 0.15) is 19.4 Å². The molecule has 0 amide bonds. The molecule has 0 heterocycles. The van der Waals surface area contributed by atoms with Crippen LogP contribution in [0.4, 0.5) is 0 Å². The van der Waals surface area contributed by atoms with Crippen molar-refractivity contribution in [3.63, 3.8) is 0 Å². The van der Waals surface area contributed by atoms with Gasteiger partial charge in [0.25, 0.3) is 0 Å². The van der Waals surface area contributed by atoms with Crippen LogP contribution in [-0.4, -0.2) is 13.2 Å². The van der Waals surface area contributed by atoms with Gasteiger partial charge < -0.3 is 15.2 Å². The van der Waals surface area contributed by atoms with Crippen molar-refractivity contribution in [1.29, 1.82) is 0 Å². The van der Waals surface area contributed by atoms with Crippen molar-refractivity contribution >= 4 is 5.70 Å². The summed E-state index contributed by atoms with van der Waals surface area (Å²) in [5.74, 6) is 1.38. The van der Waals surface area contributed by atoms with Crippen molar-refractivity contribution in [2.45, 2.75) is 13.8 Å². The molecule has 0 bridgehead atoms. The number of nitrogens with two attached hydrogens (primary N) is 1. The average Bonchev–Trinajstić information content (AvgIpc) is 2.21. The first-order valence-electron chi connectivity index (χ1n) is 4.97. The lowest BCUT2D eigenvalue weighted by atomic mass is 10.1. The Morgan fingerprint density at radius 2 is 1.80 bits per heavy atom. The van der Waals surface area contributed by atoms with Crippen molar-refractivity contribution < 1.29 is 9.47 Å². The van der Waals surface area contributed by atoms with Gasteiger partial charge in [-0.3, -0.25) is 0 Å². The minimum absolute atomic E-state index is 0.277. The van der Waals surface area contributed by atoms with Gasteiger partial charge >= 0.3 is 0 Å². The molecule has 3 nitrogen and oxygen atoms in total. The molecule has 1 aromatic carbocycles. The van der Waals surface area contributed by atoms with Gasteiger partial charge in [0.2, 0.25) is 0 Å². The van der Waals surface area contributed by atoms with E-state index < -0.39 is 0 Å². The van der Waals surface area contributed by atoms with Crippen LogP contribution in [0, 0.1) is 6.58 Å². The summed E-state index contributed by atoms with van der Waals surface area (Å²) in [6.45, 7) is 10.5. The molecular formula is C12H16NO2. The molecule has 0 atom stereocenters. The van der Waals surface area contributed by atoms with E-state index in [9.17, 15) is 0 Å². The summed E-state index contributed by atoms with van der Waals surface area (Å²) in [6, 6.07) is 5.40. The standard InChI is InChI=1S/C12H16NO2/c1-4-14-11-7-6-10(9(3)13)8-12(11)15-5-2/h3,6-8H,4-5,13H2,1-2H3. The third-order valence-electron chi connectivity index (χ3n) is 1.88. The normalized spacial score (nSPS) is 9.73. The summed E-state index contributed by atoms with van der Waals surface area (Å²) >= 11 is 0. The van der Waals surface area contributed by atoms with Crippen LogP contribution in [0.15, 0.2) is 18.2 Å². The molecule has 81 valence electrons. The second-order valence-corrected chi connectivity index (χ2v) is 2.98. The van der Waals surface area contributed by atoms with Crippen molar-refractivity contribution in [3.05, 3.63) is 30.3 Å². The van der Waals surface area contributed by atoms with Crippen LogP contribution >= 0.6 is 0 Å². The highest BCUT2D eigenvalue weighted by Gasteiger charge is 2.06. The summed E-state index contributed by atoms with van der Waals surface area (Å²) in [4.78, 5) is 0. The maximum atomic E-state index is 5.50. The quantitative estimate of drug-likeness (QED) is 0.803. The van der Waals surface area contributed by atoms with Crippen molar-refractivity contribution in [2.24, 2.45) is 5.73 Å². The Kier molecular flexibility index (Phi) is 4.03. The second kappa shape index (κ2) is 5.29. The van der Waals surface area contributed by atoms with Crippen molar-refractivity contribution in [3.8, 4) is 11.5 Å². The Balaban J connectivity index is 3.02. The van der Waals surface area contributed by atoms with Crippen LogP contribution in [-0.2, 0) is 0 Å². The van der Waals surface area contributed by atoms with Gasteiger partial charge in [0.15, 0.2) is 11.5 Å². The summed E-state index contributed by atoms with van der Waals surface area (Å²) in [5.41, 5.74) is 6.53. The minimum Gasteiger partial charge on any atom is -0.490 e. The molecule has 0 spiro atoms. The molecule has 0 aromatic heterocycles. The molecule has 0 fully saturated rings. The Hall–Kier alpha value is -1.64. The third-order valence-corrected chi connectivity index (χ3v) is 1.88. The van der Waals surface area contributed by atoms with Crippen LogP contribution in [0.5, 0.6) is 11.5 Å². The number of rotatable bonds is 5. The fourth-order valence-electron chi connectivity index (χ4n) is 1.23. The van der Waals surface area contributed by atoms with Crippen LogP contribution in [0.2, 0.25) is 0 Å². The van der Waals surface area contributed by atoms with E-state index in [1.165, 1.54) is 0 Å². The molecule has 2 N–H and O–H groups in total. The molecule has 0 aliphatic rings. The highest BCUT2D eigenvalue weighted by atomic mass is 16.5. The second-order valence-electron chi connectivity index (χ2n) is 2.98. The molecule has 3 heteroatoms. The van der Waals surface area contributed by atoms with E-state index in [-0.39, 0.29) is 5.70 Å². The SMILES string of the molecule is [CH]=C(N)c1ccc(OCC)c(OCC)c1. The molecule has 0 saturated heterocycles. The number of benzene rings is 1. The summed E-state index contributed by atoms with van der Waals surface area (Å²) in [5, 5.41) is 0. The zero-order valence-electron chi connectivity index (χ0n) is 9.12. The zero-order valence-corrected chi connectivity index (χ0v) is 9.12. The average molecular weight is 206 g/mol. The maximum absolute atomic E-state index is 5.50. The summed E-state index contributed by atoms with van der Waals surface area (Å²) in [7, 11) is 0. The molecule has 0 unspecified atom stereocenters. The largest absolute Gasteiger partial charge is 0.490 e. The molecule has 1 aromatic rings. The predicted molar refractivity (Wildman–Crippen MR) is 60.7 cm³/mol. The van der Waals surface area contributed by atoms with Gasteiger partial charge in [0, 0.05) is 11.3 Å². The van der Waals surface area contributed by atoms with Gasteiger partial charge in [-0.1, -0.05) is 0 Å². The van der Waals surface area contributed by atoms with Gasteiger partial charge in [-0.05, 0) is 38.6 Å². The van der Waals surface area contributed by atoms with Gasteiger partial charge in [-0.2, -0.15) is 0 Å². The van der Waals surface area contributed by atoms with E-state index in [2.05, 4.69) is 0 Å². The smallest absolute Gasteiger partial charge is 0.161 e. The van der Waals surface area contributed by atoms with Gasteiger partial charge in [0.1, 0.15) is 0 Å². The lowest BCUT2D eigenvalue weighted by Crippen LogP contribution is -2.00. The Bertz CT molecular complexity index is 347. The molecule has 1 radical (unpaired) electrons. The third kappa shape index (κ3) is 2.91. The maximum Gasteiger partial charge on any atom is 0.161 e. The number of hydrogen-bond acceptors (Lipinski definition) is 3. The van der Waals surface area contributed by atoms with Crippen LogP contribution in [0.3, 0.4) is 0 Å². The Morgan fingerprint density at radius 1 is 1.20 bits per heavy atom. The van der Waals surface area contributed by atoms with Gasteiger partial charge in [-0.15, -0.1) is 0 Å². The van der Waals surface area contributed by atoms with E-state index in [4.69, 9.17) is 21.8 Å². The van der Waals surface area contributed by atoms with Gasteiger partial charge in [0.05, 0.1) is 13.2 Å². The molecule has 1 rings (SSSR count). The fraction of sp³-hybridized carbons (Fsp3) is 0.333. The molecule has 0 aliphatic heterocycles. The number of ether oxygens (including phenoxy) is 2. The minimum atomic E-state index is 0.277. The monoisotopic (exact) mass is 206 g/mol. The van der Waals surface area contributed by atoms with Crippen molar-refractivity contribution in [2.75, 3.05) is 13.2 Å². The first-order valence-corrected chi connectivity index (χ1v) is 4.97. The van der Waals surface area contributed by atoms with Crippen molar-refractivity contribution in [1.82, 2.24) is 0 Å². The first kappa shape index (κ1) is 11.4. The Morgan fingerprint density at radius 3 is 2.33 bits per heavy atom. The van der Waals surface area contributed by atoms with E-state index in [1.807, 2.05) is 26.0 Å². The fourth-order valence-corrected chi connectivity index (χ4v) is 1.23. The molecular weight excluding hydrogens is 190 g/mol. The lowest BCUT2D eigenvalue weighted by Gasteiger charge is -2.12. The molecule has 0 saturated carbocycles. The predicted octanol–water partition coefficient (Wildman–Crippen LogP) is 2.22. The highest BCUT2D eigenvalue weighted by Crippen LogP contribution is 2.29. The zero-order chi connectivity index (χ0) is 11.3. The summed E-state index contributed by atoms with van der Waals surface area (Å²) in [6.07, 6.45) is 0. The highest BCUT2D eigenvalue weighted by molar-refractivity contribution is 5.62. The lowest BCUT2D eigenvalue weighted by molar-refractivity contribution is 0.287.